The van der Waals surface area contributed by atoms with Crippen LogP contribution in [-0.4, -0.2) is 0 Å². The third kappa shape index (κ3) is 3.83. The van der Waals surface area contributed by atoms with Crippen molar-refractivity contribution in [1.29, 1.82) is 0 Å². The Kier molecular flexibility index (Phi) is 5.24. The lowest BCUT2D eigenvalue weighted by molar-refractivity contribution is 0.632. The molecular formula is C13H22S. The predicted octanol–water partition coefficient (Wildman–Crippen LogP) is 4.88. The zero-order chi connectivity index (χ0) is 10.4. The van der Waals surface area contributed by atoms with Crippen molar-refractivity contribution in [3.8, 4) is 0 Å². The molecule has 80 valence electrons. The standard InChI is InChI=1S/C13H22S/c1-4-5-6-7-8-9-13-10-11(2)14-12(13)3/h10H,4-9H2,1-3H3. The van der Waals surface area contributed by atoms with Gasteiger partial charge in [0.15, 0.2) is 0 Å². The first kappa shape index (κ1) is 11.8. The van der Waals surface area contributed by atoms with Crippen LogP contribution in [0.3, 0.4) is 0 Å². The van der Waals surface area contributed by atoms with Crippen molar-refractivity contribution in [3.05, 3.63) is 21.4 Å². The van der Waals surface area contributed by atoms with Crippen molar-refractivity contribution in [2.24, 2.45) is 0 Å². The van der Waals surface area contributed by atoms with Crippen LogP contribution in [0.15, 0.2) is 6.07 Å². The van der Waals surface area contributed by atoms with Crippen molar-refractivity contribution in [2.75, 3.05) is 0 Å². The van der Waals surface area contributed by atoms with Gasteiger partial charge in [0.05, 0.1) is 0 Å². The Balaban J connectivity index is 2.21. The Morgan fingerprint density at radius 1 is 1.07 bits per heavy atom. The van der Waals surface area contributed by atoms with Crippen LogP contribution in [0, 0.1) is 13.8 Å². The number of unbranched alkanes of at least 4 members (excludes halogenated alkanes) is 4. The molecule has 1 heteroatoms. The van der Waals surface area contributed by atoms with E-state index < -0.39 is 0 Å². The molecule has 1 rings (SSSR count). The molecule has 0 aliphatic rings. The lowest BCUT2D eigenvalue weighted by Gasteiger charge is -2.00. The summed E-state index contributed by atoms with van der Waals surface area (Å²) in [6, 6.07) is 2.36. The minimum absolute atomic E-state index is 1.29. The van der Waals surface area contributed by atoms with Gasteiger partial charge in [-0.2, -0.15) is 0 Å². The molecule has 0 amide bonds. The van der Waals surface area contributed by atoms with Crippen LogP contribution in [0.5, 0.6) is 0 Å². The molecule has 0 bridgehead atoms. The summed E-state index contributed by atoms with van der Waals surface area (Å²) in [4.78, 5) is 2.99. The molecule has 0 saturated heterocycles. The first-order chi connectivity index (χ1) is 6.74. The van der Waals surface area contributed by atoms with E-state index in [1.807, 2.05) is 11.3 Å². The molecule has 14 heavy (non-hydrogen) atoms. The van der Waals surface area contributed by atoms with E-state index in [2.05, 4.69) is 26.8 Å². The Labute approximate surface area is 92.4 Å². The molecule has 0 unspecified atom stereocenters. The minimum atomic E-state index is 1.29. The molecule has 0 saturated carbocycles. The number of aryl methyl sites for hydroxylation is 3. The summed E-state index contributed by atoms with van der Waals surface area (Å²) in [5.74, 6) is 0. The van der Waals surface area contributed by atoms with E-state index in [-0.39, 0.29) is 0 Å². The van der Waals surface area contributed by atoms with Crippen molar-refractivity contribution in [1.82, 2.24) is 0 Å². The van der Waals surface area contributed by atoms with E-state index in [0.29, 0.717) is 0 Å². The highest BCUT2D eigenvalue weighted by atomic mass is 32.1. The highest BCUT2D eigenvalue weighted by molar-refractivity contribution is 7.12. The predicted molar refractivity (Wildman–Crippen MR) is 66.3 cm³/mol. The van der Waals surface area contributed by atoms with Crippen molar-refractivity contribution < 1.29 is 0 Å². The molecule has 1 aromatic heterocycles. The van der Waals surface area contributed by atoms with Gasteiger partial charge in [-0.1, -0.05) is 32.6 Å². The van der Waals surface area contributed by atoms with Crippen LogP contribution >= 0.6 is 11.3 Å². The van der Waals surface area contributed by atoms with Crippen LogP contribution < -0.4 is 0 Å². The molecule has 0 radical (unpaired) electrons. The first-order valence-corrected chi connectivity index (χ1v) is 6.61. The number of hydrogen-bond donors (Lipinski definition) is 0. The van der Waals surface area contributed by atoms with Crippen LogP contribution in [0.4, 0.5) is 0 Å². The van der Waals surface area contributed by atoms with Crippen molar-refractivity contribution in [2.45, 2.75) is 59.3 Å². The summed E-state index contributed by atoms with van der Waals surface area (Å²) in [7, 11) is 0. The summed E-state index contributed by atoms with van der Waals surface area (Å²) in [5.41, 5.74) is 1.59. The average molecular weight is 210 g/mol. The van der Waals surface area contributed by atoms with Crippen LogP contribution in [0.2, 0.25) is 0 Å². The fourth-order valence-corrected chi connectivity index (χ4v) is 2.83. The molecule has 0 N–H and O–H groups in total. The molecular weight excluding hydrogens is 188 g/mol. The second-order valence-electron chi connectivity index (χ2n) is 4.10. The van der Waals surface area contributed by atoms with Gasteiger partial charge in [-0.25, -0.2) is 0 Å². The van der Waals surface area contributed by atoms with Gasteiger partial charge in [0, 0.05) is 9.75 Å². The summed E-state index contributed by atoms with van der Waals surface area (Å²) >= 11 is 1.94. The maximum Gasteiger partial charge on any atom is 0.00490 e. The van der Waals surface area contributed by atoms with Gasteiger partial charge in [-0.05, 0) is 38.3 Å². The van der Waals surface area contributed by atoms with Crippen molar-refractivity contribution >= 4 is 11.3 Å². The highest BCUT2D eigenvalue weighted by Gasteiger charge is 2.01. The third-order valence-corrected chi connectivity index (χ3v) is 3.70. The Morgan fingerprint density at radius 3 is 2.36 bits per heavy atom. The zero-order valence-corrected chi connectivity index (χ0v) is 10.5. The van der Waals surface area contributed by atoms with Gasteiger partial charge in [0.1, 0.15) is 0 Å². The van der Waals surface area contributed by atoms with Gasteiger partial charge in [0.25, 0.3) is 0 Å². The number of rotatable bonds is 6. The topological polar surface area (TPSA) is 0 Å². The molecule has 0 spiro atoms. The van der Waals surface area contributed by atoms with Crippen molar-refractivity contribution in [3.63, 3.8) is 0 Å². The molecule has 0 atom stereocenters. The van der Waals surface area contributed by atoms with Gasteiger partial charge >= 0.3 is 0 Å². The van der Waals surface area contributed by atoms with E-state index >= 15 is 0 Å². The minimum Gasteiger partial charge on any atom is -0.146 e. The van der Waals surface area contributed by atoms with E-state index in [9.17, 15) is 0 Å². The van der Waals surface area contributed by atoms with Crippen LogP contribution in [-0.2, 0) is 6.42 Å². The van der Waals surface area contributed by atoms with E-state index in [1.54, 1.807) is 5.56 Å². The quantitative estimate of drug-likeness (QED) is 0.587. The Morgan fingerprint density at radius 2 is 1.79 bits per heavy atom. The molecule has 0 aliphatic carbocycles. The summed E-state index contributed by atoms with van der Waals surface area (Å²) < 4.78 is 0. The fourth-order valence-electron chi connectivity index (χ4n) is 1.85. The van der Waals surface area contributed by atoms with E-state index in [0.717, 1.165) is 0 Å². The SMILES string of the molecule is CCCCCCCc1cc(C)sc1C. The molecule has 0 aliphatic heterocycles. The molecule has 0 fully saturated rings. The zero-order valence-electron chi connectivity index (χ0n) is 9.73. The maximum absolute atomic E-state index is 2.36. The van der Waals surface area contributed by atoms with Gasteiger partial charge in [0.2, 0.25) is 0 Å². The van der Waals surface area contributed by atoms with E-state index in [1.165, 1.54) is 48.3 Å². The lowest BCUT2D eigenvalue weighted by Crippen LogP contribution is -1.85. The monoisotopic (exact) mass is 210 g/mol. The molecule has 0 aromatic carbocycles. The largest absolute Gasteiger partial charge is 0.146 e. The van der Waals surface area contributed by atoms with Gasteiger partial charge < -0.3 is 0 Å². The first-order valence-electron chi connectivity index (χ1n) is 5.80. The van der Waals surface area contributed by atoms with Gasteiger partial charge in [-0.15, -0.1) is 11.3 Å². The second kappa shape index (κ2) is 6.23. The Bertz CT molecular complexity index is 260. The summed E-state index contributed by atoms with van der Waals surface area (Å²) in [6.45, 7) is 6.73. The third-order valence-electron chi connectivity index (χ3n) is 2.69. The summed E-state index contributed by atoms with van der Waals surface area (Å²) in [5, 5.41) is 0. The van der Waals surface area contributed by atoms with Crippen LogP contribution in [0.1, 0.15) is 54.3 Å². The normalized spacial score (nSPS) is 10.8. The fraction of sp³-hybridized carbons (Fsp3) is 0.692. The van der Waals surface area contributed by atoms with Crippen LogP contribution in [0.25, 0.3) is 0 Å². The smallest absolute Gasteiger partial charge is 0.00490 e. The number of thiophene rings is 1. The number of hydrogen-bond acceptors (Lipinski definition) is 1. The maximum atomic E-state index is 2.36. The average Bonchev–Trinajstić information content (AvgIpc) is 2.45. The molecule has 0 nitrogen and oxygen atoms in total. The Hall–Kier alpha value is -0.300. The molecule has 1 aromatic rings. The lowest BCUT2D eigenvalue weighted by atomic mass is 10.1. The summed E-state index contributed by atoms with van der Waals surface area (Å²) in [6.07, 6.45) is 8.23. The van der Waals surface area contributed by atoms with E-state index in [4.69, 9.17) is 0 Å². The molecule has 1 heterocycles. The van der Waals surface area contributed by atoms with Gasteiger partial charge in [-0.3, -0.25) is 0 Å². The second-order valence-corrected chi connectivity index (χ2v) is 5.56. The highest BCUT2D eigenvalue weighted by Crippen LogP contribution is 2.22.